The van der Waals surface area contributed by atoms with Crippen molar-refractivity contribution >= 4 is 29.5 Å². The Labute approximate surface area is 170 Å². The van der Waals surface area contributed by atoms with E-state index in [0.717, 1.165) is 11.8 Å². The first-order valence-corrected chi connectivity index (χ1v) is 9.71. The molecule has 3 rings (SSSR count). The monoisotopic (exact) mass is 414 g/mol. The van der Waals surface area contributed by atoms with Crippen molar-refractivity contribution in [3.63, 3.8) is 0 Å². The van der Waals surface area contributed by atoms with Crippen LogP contribution in [0.2, 0.25) is 0 Å². The Kier molecular flexibility index (Phi) is 6.80. The number of thioether (sulfide) groups is 1. The number of hydrogen-bond acceptors (Lipinski definition) is 8. The number of imide groups is 1. The van der Waals surface area contributed by atoms with Crippen LogP contribution in [0.15, 0.2) is 58.3 Å². The number of aromatic nitrogens is 3. The molecule has 150 valence electrons. The minimum Gasteiger partial charge on any atom is -0.461 e. The lowest BCUT2D eigenvalue weighted by Crippen LogP contribution is -2.34. The fraction of sp³-hybridized carbons (Fsp3) is 0.211. The van der Waals surface area contributed by atoms with Crippen molar-refractivity contribution in [1.29, 1.82) is 0 Å². The van der Waals surface area contributed by atoms with E-state index in [9.17, 15) is 14.4 Å². The van der Waals surface area contributed by atoms with Crippen molar-refractivity contribution in [1.82, 2.24) is 20.1 Å². The minimum atomic E-state index is -0.700. The van der Waals surface area contributed by atoms with Crippen LogP contribution < -0.4 is 5.32 Å². The van der Waals surface area contributed by atoms with E-state index in [-0.39, 0.29) is 5.75 Å². The molecule has 0 bridgehead atoms. The molecule has 0 saturated heterocycles. The number of esters is 1. The summed E-state index contributed by atoms with van der Waals surface area (Å²) in [7, 11) is 0. The van der Waals surface area contributed by atoms with Crippen LogP contribution in [0.4, 0.5) is 0 Å². The molecule has 0 unspecified atom stereocenters. The molecule has 0 saturated carbocycles. The largest absolute Gasteiger partial charge is 0.461 e. The maximum Gasteiger partial charge on any atom is 0.316 e. The standard InChI is InChI=1S/C19H18N4O5S/c1-2-23-17(14-9-6-10-27-14)21-22-19(23)29-12-16(25)28-11-15(24)20-18(26)13-7-4-3-5-8-13/h3-10H,2,11-12H2,1H3,(H,20,24,26). The second-order valence-electron chi connectivity index (χ2n) is 5.72. The second kappa shape index (κ2) is 9.69. The lowest BCUT2D eigenvalue weighted by atomic mass is 10.2. The van der Waals surface area contributed by atoms with Crippen molar-refractivity contribution in [3.8, 4) is 11.6 Å². The average Bonchev–Trinajstić information content (AvgIpc) is 3.40. The van der Waals surface area contributed by atoms with Gasteiger partial charge in [0.1, 0.15) is 0 Å². The third-order valence-corrected chi connectivity index (χ3v) is 4.69. The van der Waals surface area contributed by atoms with Crippen LogP contribution in [0.5, 0.6) is 0 Å². The molecule has 0 fully saturated rings. The average molecular weight is 414 g/mol. The van der Waals surface area contributed by atoms with Gasteiger partial charge in [0.25, 0.3) is 11.8 Å². The van der Waals surface area contributed by atoms with Gasteiger partial charge in [-0.25, -0.2) is 0 Å². The summed E-state index contributed by atoms with van der Waals surface area (Å²) < 4.78 is 12.1. The molecule has 0 aliphatic rings. The third-order valence-electron chi connectivity index (χ3n) is 3.75. The van der Waals surface area contributed by atoms with E-state index in [1.165, 1.54) is 0 Å². The Morgan fingerprint density at radius 2 is 1.93 bits per heavy atom. The van der Waals surface area contributed by atoms with E-state index in [1.807, 2.05) is 11.5 Å². The molecule has 1 N–H and O–H groups in total. The first-order chi connectivity index (χ1) is 14.1. The van der Waals surface area contributed by atoms with Crippen LogP contribution >= 0.6 is 11.8 Å². The quantitative estimate of drug-likeness (QED) is 0.440. The van der Waals surface area contributed by atoms with Gasteiger partial charge in [-0.05, 0) is 31.2 Å². The molecule has 2 heterocycles. The summed E-state index contributed by atoms with van der Waals surface area (Å²) in [5, 5.41) is 10.8. The van der Waals surface area contributed by atoms with Crippen molar-refractivity contribution in [2.24, 2.45) is 0 Å². The number of ether oxygens (including phenoxy) is 1. The molecule has 9 nitrogen and oxygen atoms in total. The lowest BCUT2D eigenvalue weighted by Gasteiger charge is -2.07. The van der Waals surface area contributed by atoms with Crippen LogP contribution in [0.1, 0.15) is 17.3 Å². The summed E-state index contributed by atoms with van der Waals surface area (Å²) in [5.74, 6) is -0.782. The van der Waals surface area contributed by atoms with Gasteiger partial charge >= 0.3 is 5.97 Å². The Balaban J connectivity index is 1.47. The van der Waals surface area contributed by atoms with Gasteiger partial charge < -0.3 is 9.15 Å². The first-order valence-electron chi connectivity index (χ1n) is 8.73. The molecule has 29 heavy (non-hydrogen) atoms. The molecule has 2 amide bonds. The number of nitrogens with zero attached hydrogens (tertiary/aromatic N) is 3. The van der Waals surface area contributed by atoms with Gasteiger partial charge in [-0.2, -0.15) is 0 Å². The molecular formula is C19H18N4O5S. The normalized spacial score (nSPS) is 10.5. The molecule has 0 aliphatic carbocycles. The summed E-state index contributed by atoms with van der Waals surface area (Å²) in [6, 6.07) is 11.8. The number of carbonyl (C=O) groups excluding carboxylic acids is 3. The molecule has 10 heteroatoms. The van der Waals surface area contributed by atoms with Gasteiger partial charge in [0.05, 0.1) is 12.0 Å². The van der Waals surface area contributed by atoms with Crippen molar-refractivity contribution < 1.29 is 23.5 Å². The van der Waals surface area contributed by atoms with E-state index in [4.69, 9.17) is 9.15 Å². The zero-order valence-electron chi connectivity index (χ0n) is 15.5. The maximum absolute atomic E-state index is 11.9. The number of furan rings is 1. The highest BCUT2D eigenvalue weighted by Crippen LogP contribution is 2.24. The summed E-state index contributed by atoms with van der Waals surface area (Å²) in [5.41, 5.74) is 0.342. The molecule has 3 aromatic rings. The predicted molar refractivity (Wildman–Crippen MR) is 104 cm³/mol. The van der Waals surface area contributed by atoms with E-state index < -0.39 is 24.4 Å². The van der Waals surface area contributed by atoms with Gasteiger partial charge in [-0.1, -0.05) is 30.0 Å². The van der Waals surface area contributed by atoms with Crippen LogP contribution in [0.3, 0.4) is 0 Å². The molecule has 0 aliphatic heterocycles. The third kappa shape index (κ3) is 5.32. The van der Waals surface area contributed by atoms with Crippen molar-refractivity contribution in [2.45, 2.75) is 18.6 Å². The maximum atomic E-state index is 11.9. The van der Waals surface area contributed by atoms with Crippen molar-refractivity contribution in [3.05, 3.63) is 54.3 Å². The molecule has 2 aromatic heterocycles. The van der Waals surface area contributed by atoms with Crippen LogP contribution in [-0.4, -0.2) is 44.9 Å². The smallest absolute Gasteiger partial charge is 0.316 e. The Hall–Kier alpha value is -3.40. The summed E-state index contributed by atoms with van der Waals surface area (Å²) in [6.07, 6.45) is 1.54. The number of hydrogen-bond donors (Lipinski definition) is 1. The summed E-state index contributed by atoms with van der Waals surface area (Å²) in [6.45, 7) is 1.97. The Morgan fingerprint density at radius 3 is 2.62 bits per heavy atom. The van der Waals surface area contributed by atoms with E-state index in [2.05, 4.69) is 15.5 Å². The zero-order chi connectivity index (χ0) is 20.6. The number of amides is 2. The van der Waals surface area contributed by atoms with E-state index in [0.29, 0.717) is 28.8 Å². The van der Waals surface area contributed by atoms with Gasteiger partial charge in [-0.15, -0.1) is 10.2 Å². The Bertz CT molecular complexity index is 985. The fourth-order valence-electron chi connectivity index (χ4n) is 2.40. The topological polar surface area (TPSA) is 116 Å². The Morgan fingerprint density at radius 1 is 1.14 bits per heavy atom. The second-order valence-corrected chi connectivity index (χ2v) is 6.66. The van der Waals surface area contributed by atoms with E-state index >= 15 is 0 Å². The predicted octanol–water partition coefficient (Wildman–Crippen LogP) is 2.15. The summed E-state index contributed by atoms with van der Waals surface area (Å²) >= 11 is 1.13. The van der Waals surface area contributed by atoms with Gasteiger partial charge in [-0.3, -0.25) is 24.3 Å². The van der Waals surface area contributed by atoms with Crippen LogP contribution in [0, 0.1) is 0 Å². The number of benzene rings is 1. The highest BCUT2D eigenvalue weighted by molar-refractivity contribution is 7.99. The first kappa shape index (κ1) is 20.3. The fourth-order valence-corrected chi connectivity index (χ4v) is 3.20. The summed E-state index contributed by atoms with van der Waals surface area (Å²) in [4.78, 5) is 35.6. The highest BCUT2D eigenvalue weighted by Gasteiger charge is 2.17. The molecule has 1 aromatic carbocycles. The van der Waals surface area contributed by atoms with E-state index in [1.54, 1.807) is 48.7 Å². The molecule has 0 spiro atoms. The van der Waals surface area contributed by atoms with Gasteiger partial charge in [0.15, 0.2) is 23.3 Å². The zero-order valence-corrected chi connectivity index (χ0v) is 16.3. The molecule has 0 atom stereocenters. The van der Waals surface area contributed by atoms with Gasteiger partial charge in [0.2, 0.25) is 0 Å². The molecule has 0 radical (unpaired) electrons. The molecular weight excluding hydrogens is 396 g/mol. The van der Waals surface area contributed by atoms with Crippen molar-refractivity contribution in [2.75, 3.05) is 12.4 Å². The minimum absolute atomic E-state index is 0.0593. The van der Waals surface area contributed by atoms with Crippen LogP contribution in [-0.2, 0) is 20.9 Å². The highest BCUT2D eigenvalue weighted by atomic mass is 32.2. The number of rotatable bonds is 8. The number of nitrogens with one attached hydrogen (secondary N) is 1. The van der Waals surface area contributed by atoms with Gasteiger partial charge in [0, 0.05) is 12.1 Å². The number of carbonyl (C=O) groups is 3. The van der Waals surface area contributed by atoms with Crippen LogP contribution in [0.25, 0.3) is 11.6 Å². The lowest BCUT2D eigenvalue weighted by molar-refractivity contribution is -0.145. The SMILES string of the molecule is CCn1c(SCC(=O)OCC(=O)NC(=O)c2ccccc2)nnc1-c1ccco1.